The van der Waals surface area contributed by atoms with Crippen molar-refractivity contribution in [3.63, 3.8) is 0 Å². The minimum absolute atomic E-state index is 0.00662. The predicted molar refractivity (Wildman–Crippen MR) is 113 cm³/mol. The molecular formula is C25H31F3O2. The first-order valence-corrected chi connectivity index (χ1v) is 11.1. The van der Waals surface area contributed by atoms with Crippen molar-refractivity contribution < 1.29 is 22.6 Å². The van der Waals surface area contributed by atoms with Crippen LogP contribution in [0.2, 0.25) is 0 Å². The molecule has 0 amide bonds. The summed E-state index contributed by atoms with van der Waals surface area (Å²) in [6.45, 7) is 4.98. The summed E-state index contributed by atoms with van der Waals surface area (Å²) in [6.07, 6.45) is 7.05. The van der Waals surface area contributed by atoms with E-state index in [4.69, 9.17) is 9.47 Å². The molecule has 2 unspecified atom stereocenters. The van der Waals surface area contributed by atoms with E-state index in [1.54, 1.807) is 12.1 Å². The minimum atomic E-state index is -1.04. The zero-order valence-electron chi connectivity index (χ0n) is 17.9. The van der Waals surface area contributed by atoms with Crippen LogP contribution in [0.1, 0.15) is 70.3 Å². The van der Waals surface area contributed by atoms with Gasteiger partial charge in [0, 0.05) is 11.5 Å². The van der Waals surface area contributed by atoms with Gasteiger partial charge in [-0.05, 0) is 55.0 Å². The monoisotopic (exact) mass is 420 g/mol. The van der Waals surface area contributed by atoms with E-state index < -0.39 is 17.5 Å². The normalized spacial score (nSPS) is 19.1. The summed E-state index contributed by atoms with van der Waals surface area (Å²) in [6, 6.07) is 7.45. The molecule has 1 saturated heterocycles. The molecule has 2 nitrogen and oxygen atoms in total. The van der Waals surface area contributed by atoms with Gasteiger partial charge in [0.25, 0.3) is 0 Å². The summed E-state index contributed by atoms with van der Waals surface area (Å²) in [4.78, 5) is 0. The van der Waals surface area contributed by atoms with E-state index in [1.165, 1.54) is 18.2 Å². The third-order valence-electron chi connectivity index (χ3n) is 5.80. The van der Waals surface area contributed by atoms with Crippen LogP contribution in [0.5, 0.6) is 5.75 Å². The molecule has 1 aliphatic heterocycles. The van der Waals surface area contributed by atoms with Gasteiger partial charge in [-0.3, -0.25) is 0 Å². The van der Waals surface area contributed by atoms with E-state index in [2.05, 4.69) is 6.92 Å². The Labute approximate surface area is 177 Å². The van der Waals surface area contributed by atoms with E-state index in [1.807, 2.05) is 6.92 Å². The Bertz CT molecular complexity index is 829. The Balaban J connectivity index is 1.72. The highest BCUT2D eigenvalue weighted by atomic mass is 19.2. The molecule has 3 rings (SSSR count). The zero-order valence-corrected chi connectivity index (χ0v) is 17.9. The largest absolute Gasteiger partial charge is 0.490 e. The van der Waals surface area contributed by atoms with Gasteiger partial charge in [-0.15, -0.1) is 0 Å². The fourth-order valence-corrected chi connectivity index (χ4v) is 3.93. The second kappa shape index (κ2) is 10.9. The number of halogens is 3. The van der Waals surface area contributed by atoms with Gasteiger partial charge in [0.1, 0.15) is 5.82 Å². The van der Waals surface area contributed by atoms with Crippen LogP contribution >= 0.6 is 0 Å². The Hall–Kier alpha value is -2.01. The van der Waals surface area contributed by atoms with Crippen molar-refractivity contribution >= 4 is 0 Å². The first-order chi connectivity index (χ1) is 14.5. The molecule has 1 fully saturated rings. The number of rotatable bonds is 9. The minimum Gasteiger partial charge on any atom is -0.490 e. The summed E-state index contributed by atoms with van der Waals surface area (Å²) < 4.78 is 55.0. The maximum atomic E-state index is 14.8. The molecule has 5 heteroatoms. The lowest BCUT2D eigenvalue weighted by molar-refractivity contribution is -0.00249. The van der Waals surface area contributed by atoms with Crippen LogP contribution in [0.4, 0.5) is 13.2 Å². The predicted octanol–water partition coefficient (Wildman–Crippen LogP) is 7.40. The molecule has 0 aromatic heterocycles. The van der Waals surface area contributed by atoms with E-state index in [0.29, 0.717) is 24.3 Å². The molecule has 0 spiro atoms. The van der Waals surface area contributed by atoms with Crippen LogP contribution in [-0.4, -0.2) is 19.3 Å². The number of hydrogen-bond acceptors (Lipinski definition) is 2. The summed E-state index contributed by atoms with van der Waals surface area (Å²) in [5.74, 6) is -2.58. The highest BCUT2D eigenvalue weighted by Gasteiger charge is 2.25. The van der Waals surface area contributed by atoms with Gasteiger partial charge in [-0.1, -0.05) is 45.2 Å². The second-order valence-electron chi connectivity index (χ2n) is 8.05. The van der Waals surface area contributed by atoms with Crippen molar-refractivity contribution in [2.24, 2.45) is 0 Å². The van der Waals surface area contributed by atoms with Crippen LogP contribution in [0.15, 0.2) is 30.3 Å². The quantitative estimate of drug-likeness (QED) is 0.393. The number of ether oxygens (including phenoxy) is 2. The van der Waals surface area contributed by atoms with E-state index in [0.717, 1.165) is 44.9 Å². The van der Waals surface area contributed by atoms with Crippen LogP contribution in [0, 0.1) is 17.5 Å². The van der Waals surface area contributed by atoms with E-state index in [9.17, 15) is 13.2 Å². The van der Waals surface area contributed by atoms with Crippen molar-refractivity contribution in [3.8, 4) is 16.9 Å². The summed E-state index contributed by atoms with van der Waals surface area (Å²) >= 11 is 0. The second-order valence-corrected chi connectivity index (χ2v) is 8.05. The number of hydrogen-bond donors (Lipinski definition) is 0. The highest BCUT2D eigenvalue weighted by Crippen LogP contribution is 2.35. The zero-order chi connectivity index (χ0) is 21.5. The molecular weight excluding hydrogens is 389 g/mol. The van der Waals surface area contributed by atoms with Gasteiger partial charge in [0.05, 0.1) is 19.3 Å². The Morgan fingerprint density at radius 2 is 1.77 bits per heavy atom. The Morgan fingerprint density at radius 1 is 0.967 bits per heavy atom. The Morgan fingerprint density at radius 3 is 2.43 bits per heavy atom. The van der Waals surface area contributed by atoms with E-state index in [-0.39, 0.29) is 23.3 Å². The maximum absolute atomic E-state index is 14.8. The molecule has 2 aromatic carbocycles. The highest BCUT2D eigenvalue weighted by molar-refractivity contribution is 5.66. The first-order valence-electron chi connectivity index (χ1n) is 11.1. The Kier molecular flexibility index (Phi) is 8.20. The topological polar surface area (TPSA) is 18.5 Å². The average molecular weight is 421 g/mol. The molecule has 0 bridgehead atoms. The maximum Gasteiger partial charge on any atom is 0.201 e. The van der Waals surface area contributed by atoms with Crippen LogP contribution in [-0.2, 0) is 4.74 Å². The lowest BCUT2D eigenvalue weighted by Gasteiger charge is -2.29. The fourth-order valence-electron chi connectivity index (χ4n) is 3.93. The van der Waals surface area contributed by atoms with Gasteiger partial charge in [-0.25, -0.2) is 8.78 Å². The van der Waals surface area contributed by atoms with Crippen molar-refractivity contribution in [1.82, 2.24) is 0 Å². The van der Waals surface area contributed by atoms with Gasteiger partial charge < -0.3 is 9.47 Å². The van der Waals surface area contributed by atoms with Gasteiger partial charge in [-0.2, -0.15) is 4.39 Å². The van der Waals surface area contributed by atoms with Crippen LogP contribution in [0.3, 0.4) is 0 Å². The van der Waals surface area contributed by atoms with E-state index >= 15 is 0 Å². The molecule has 0 N–H and O–H groups in total. The van der Waals surface area contributed by atoms with Crippen molar-refractivity contribution in [2.45, 2.75) is 70.8 Å². The molecule has 0 aliphatic carbocycles. The lowest BCUT2D eigenvalue weighted by Crippen LogP contribution is -2.25. The van der Waals surface area contributed by atoms with Crippen molar-refractivity contribution in [2.75, 3.05) is 13.2 Å². The SMILES string of the molecule is CCCCOc1ccc(-c2ccc(C3CCC(CCCC)OC3)c(F)c2)c(F)c1F. The smallest absolute Gasteiger partial charge is 0.201 e. The fraction of sp³-hybridized carbons (Fsp3) is 0.520. The van der Waals surface area contributed by atoms with Gasteiger partial charge in [0.2, 0.25) is 5.82 Å². The van der Waals surface area contributed by atoms with Gasteiger partial charge >= 0.3 is 0 Å². The van der Waals surface area contributed by atoms with Crippen molar-refractivity contribution in [3.05, 3.63) is 53.3 Å². The summed E-state index contributed by atoms with van der Waals surface area (Å²) in [5, 5.41) is 0. The molecule has 164 valence electrons. The third kappa shape index (κ3) is 5.37. The molecule has 30 heavy (non-hydrogen) atoms. The lowest BCUT2D eigenvalue weighted by atomic mass is 9.88. The first kappa shape index (κ1) is 22.7. The molecule has 2 atom stereocenters. The summed E-state index contributed by atoms with van der Waals surface area (Å²) in [5.41, 5.74) is 0.915. The molecule has 1 aliphatic rings. The molecule has 0 saturated carbocycles. The number of benzene rings is 2. The molecule has 0 radical (unpaired) electrons. The van der Waals surface area contributed by atoms with Crippen LogP contribution in [0.25, 0.3) is 11.1 Å². The molecule has 2 aromatic rings. The molecule has 1 heterocycles. The average Bonchev–Trinajstić information content (AvgIpc) is 2.76. The number of unbranched alkanes of at least 4 members (excludes halogenated alkanes) is 2. The third-order valence-corrected chi connectivity index (χ3v) is 5.80. The standard InChI is InChI=1S/C25H31F3O2/c1-3-5-7-19-10-8-18(16-30-19)20-11-9-17(15-22(20)26)21-12-13-23(25(28)24(21)27)29-14-6-4-2/h9,11-13,15,18-19H,3-8,10,14,16H2,1-2H3. The summed E-state index contributed by atoms with van der Waals surface area (Å²) in [7, 11) is 0. The van der Waals surface area contributed by atoms with Crippen LogP contribution < -0.4 is 4.74 Å². The van der Waals surface area contributed by atoms with Gasteiger partial charge in [0.15, 0.2) is 11.6 Å². The van der Waals surface area contributed by atoms with Crippen molar-refractivity contribution in [1.29, 1.82) is 0 Å².